The van der Waals surface area contributed by atoms with Crippen molar-refractivity contribution in [2.24, 2.45) is 29.6 Å². The minimum atomic E-state index is -0.552. The van der Waals surface area contributed by atoms with E-state index in [1.165, 1.54) is 32.1 Å². The zero-order valence-electron chi connectivity index (χ0n) is 18.0. The van der Waals surface area contributed by atoms with Crippen molar-refractivity contribution >= 4 is 5.91 Å². The highest BCUT2D eigenvalue weighted by Crippen LogP contribution is 2.63. The first-order valence-corrected chi connectivity index (χ1v) is 12.3. The van der Waals surface area contributed by atoms with E-state index in [0.717, 1.165) is 70.4 Å². The highest BCUT2D eigenvalue weighted by Gasteiger charge is 2.66. The van der Waals surface area contributed by atoms with Crippen molar-refractivity contribution in [3.8, 4) is 0 Å². The molecule has 1 N–H and O–H groups in total. The average Bonchev–Trinajstić information content (AvgIpc) is 3.12. The molecule has 0 atom stereocenters. The van der Waals surface area contributed by atoms with Crippen molar-refractivity contribution in [3.63, 3.8) is 0 Å². The predicted molar refractivity (Wildman–Crippen MR) is 108 cm³/mol. The van der Waals surface area contributed by atoms with E-state index in [1.807, 2.05) is 0 Å². The molecule has 0 unspecified atom stereocenters. The molecule has 5 saturated carbocycles. The first kappa shape index (κ1) is 19.9. The summed E-state index contributed by atoms with van der Waals surface area (Å²) in [5.74, 6) is 2.41. The summed E-state index contributed by atoms with van der Waals surface area (Å²) in [5.41, 5.74) is 0. The van der Waals surface area contributed by atoms with E-state index in [4.69, 9.17) is 19.2 Å². The molecule has 2 heterocycles. The fourth-order valence-corrected chi connectivity index (χ4v) is 7.39. The fourth-order valence-electron chi connectivity index (χ4n) is 7.39. The molecule has 30 heavy (non-hydrogen) atoms. The Morgan fingerprint density at radius 1 is 0.933 bits per heavy atom. The van der Waals surface area contributed by atoms with Crippen LogP contribution in [0.15, 0.2) is 0 Å². The molecular weight excluding hydrogens is 384 g/mol. The van der Waals surface area contributed by atoms with Crippen LogP contribution in [0.3, 0.4) is 0 Å². The van der Waals surface area contributed by atoms with Crippen molar-refractivity contribution in [3.05, 3.63) is 0 Å². The maximum atomic E-state index is 12.3. The molecule has 5 aliphatic carbocycles. The highest BCUT2D eigenvalue weighted by atomic mass is 17.3. The standard InChI is InChI=1S/C23H36N2O5/c26-21(15-25-5-7-27-8-6-25)24-14-16-1-3-22(4-2-16)28-23(30-29-22)19-10-17-9-18(12-19)13-20(23)11-17/h16-20H,1-15H2,(H,24,26). The van der Waals surface area contributed by atoms with Gasteiger partial charge in [0.2, 0.25) is 17.5 Å². The average molecular weight is 421 g/mol. The number of carbonyl (C=O) groups is 1. The molecule has 0 radical (unpaired) electrons. The van der Waals surface area contributed by atoms with Gasteiger partial charge in [-0.15, -0.1) is 0 Å². The van der Waals surface area contributed by atoms with Gasteiger partial charge in [-0.25, -0.2) is 0 Å². The van der Waals surface area contributed by atoms with Crippen LogP contribution in [0.5, 0.6) is 0 Å². The molecule has 168 valence electrons. The van der Waals surface area contributed by atoms with E-state index in [2.05, 4.69) is 10.2 Å². The monoisotopic (exact) mass is 420 g/mol. The summed E-state index contributed by atoms with van der Waals surface area (Å²) in [5, 5.41) is 3.14. The van der Waals surface area contributed by atoms with Crippen LogP contribution in [-0.2, 0) is 24.0 Å². The molecule has 7 fully saturated rings. The third-order valence-electron chi connectivity index (χ3n) is 8.87. The van der Waals surface area contributed by atoms with Crippen molar-refractivity contribution in [2.75, 3.05) is 39.4 Å². The van der Waals surface area contributed by atoms with Gasteiger partial charge >= 0.3 is 0 Å². The van der Waals surface area contributed by atoms with Gasteiger partial charge < -0.3 is 14.8 Å². The van der Waals surface area contributed by atoms with Gasteiger partial charge in [-0.1, -0.05) is 0 Å². The van der Waals surface area contributed by atoms with Gasteiger partial charge in [0.05, 0.1) is 19.8 Å². The summed E-state index contributed by atoms with van der Waals surface area (Å²) < 4.78 is 12.1. The minimum Gasteiger partial charge on any atom is -0.379 e. The second-order valence-corrected chi connectivity index (χ2v) is 10.8. The van der Waals surface area contributed by atoms with Gasteiger partial charge in [-0.05, 0) is 62.7 Å². The number of carbonyl (C=O) groups excluding carboxylic acids is 1. The summed E-state index contributed by atoms with van der Waals surface area (Å²) >= 11 is 0. The molecule has 2 spiro atoms. The maximum absolute atomic E-state index is 12.3. The number of hydrogen-bond donors (Lipinski definition) is 1. The van der Waals surface area contributed by atoms with Crippen molar-refractivity contribution in [2.45, 2.75) is 69.4 Å². The maximum Gasteiger partial charge on any atom is 0.234 e. The second kappa shape index (κ2) is 7.69. The molecule has 0 aromatic rings. The minimum absolute atomic E-state index is 0.126. The zero-order valence-corrected chi connectivity index (χ0v) is 18.0. The van der Waals surface area contributed by atoms with Gasteiger partial charge in [0.1, 0.15) is 0 Å². The Hall–Kier alpha value is -0.730. The van der Waals surface area contributed by atoms with Gasteiger partial charge in [-0.2, -0.15) is 9.78 Å². The molecule has 2 saturated heterocycles. The van der Waals surface area contributed by atoms with Gasteiger partial charge in [-0.3, -0.25) is 9.69 Å². The Bertz CT molecular complexity index is 628. The van der Waals surface area contributed by atoms with E-state index in [-0.39, 0.29) is 5.91 Å². The highest BCUT2D eigenvalue weighted by molar-refractivity contribution is 5.78. The summed E-state index contributed by atoms with van der Waals surface area (Å²) in [6.07, 6.45) is 10.2. The molecular formula is C23H36N2O5. The number of nitrogens with zero attached hydrogens (tertiary/aromatic N) is 1. The molecule has 7 aliphatic rings. The Labute approximate surface area is 179 Å². The first-order valence-electron chi connectivity index (χ1n) is 12.3. The number of morpholine rings is 1. The predicted octanol–water partition coefficient (Wildman–Crippen LogP) is 2.45. The van der Waals surface area contributed by atoms with E-state index in [0.29, 0.717) is 24.3 Å². The van der Waals surface area contributed by atoms with Crippen LogP contribution < -0.4 is 5.32 Å². The molecule has 7 rings (SSSR count). The fraction of sp³-hybridized carbons (Fsp3) is 0.957. The first-order chi connectivity index (χ1) is 14.6. The van der Waals surface area contributed by atoms with E-state index in [9.17, 15) is 4.79 Å². The van der Waals surface area contributed by atoms with Crippen LogP contribution in [-0.4, -0.2) is 61.8 Å². The largest absolute Gasteiger partial charge is 0.379 e. The number of hydrogen-bond acceptors (Lipinski definition) is 6. The number of ether oxygens (including phenoxy) is 2. The zero-order chi connectivity index (χ0) is 20.2. The van der Waals surface area contributed by atoms with Crippen LogP contribution in [0, 0.1) is 29.6 Å². The van der Waals surface area contributed by atoms with Crippen LogP contribution in [0.1, 0.15) is 57.8 Å². The van der Waals surface area contributed by atoms with E-state index >= 15 is 0 Å². The SMILES string of the molecule is O=C(CN1CCOCC1)NCC1CCC2(CC1)OOC1(O2)C2CC3CC(C2)CC1C3. The molecule has 7 nitrogen and oxygen atoms in total. The van der Waals surface area contributed by atoms with Crippen molar-refractivity contribution in [1.82, 2.24) is 10.2 Å². The van der Waals surface area contributed by atoms with Crippen LogP contribution in [0.25, 0.3) is 0 Å². The molecule has 0 aromatic carbocycles. The third-order valence-corrected chi connectivity index (χ3v) is 8.87. The van der Waals surface area contributed by atoms with Crippen LogP contribution >= 0.6 is 0 Å². The van der Waals surface area contributed by atoms with Crippen molar-refractivity contribution in [1.29, 1.82) is 0 Å². The van der Waals surface area contributed by atoms with Gasteiger partial charge in [0.25, 0.3) is 0 Å². The third kappa shape index (κ3) is 3.51. The molecule has 2 aliphatic heterocycles. The molecule has 1 amide bonds. The lowest BCUT2D eigenvalue weighted by Crippen LogP contribution is -2.59. The Balaban J connectivity index is 0.994. The normalized spacial score (nSPS) is 47.9. The summed E-state index contributed by atoms with van der Waals surface area (Å²) in [4.78, 5) is 26.6. The van der Waals surface area contributed by atoms with Gasteiger partial charge in [0.15, 0.2) is 0 Å². The smallest absolute Gasteiger partial charge is 0.234 e. The lowest BCUT2D eigenvalue weighted by Gasteiger charge is -2.57. The Kier molecular flexibility index (Phi) is 5.11. The summed E-state index contributed by atoms with van der Waals surface area (Å²) in [7, 11) is 0. The molecule has 0 aromatic heterocycles. The molecule has 7 heteroatoms. The van der Waals surface area contributed by atoms with Crippen LogP contribution in [0.2, 0.25) is 0 Å². The summed E-state index contributed by atoms with van der Waals surface area (Å²) in [6, 6.07) is 0. The topological polar surface area (TPSA) is 69.3 Å². The Morgan fingerprint density at radius 2 is 1.60 bits per heavy atom. The van der Waals surface area contributed by atoms with Crippen molar-refractivity contribution < 1.29 is 24.0 Å². The van der Waals surface area contributed by atoms with Crippen LogP contribution in [0.4, 0.5) is 0 Å². The van der Waals surface area contributed by atoms with Gasteiger partial charge in [0, 0.05) is 44.3 Å². The number of amides is 1. The number of rotatable bonds is 4. The Morgan fingerprint density at radius 3 is 2.27 bits per heavy atom. The summed E-state index contributed by atoms with van der Waals surface area (Å²) in [6.45, 7) is 4.38. The lowest BCUT2D eigenvalue weighted by atomic mass is 9.53. The van der Waals surface area contributed by atoms with E-state index < -0.39 is 11.6 Å². The second-order valence-electron chi connectivity index (χ2n) is 10.8. The van der Waals surface area contributed by atoms with E-state index in [1.54, 1.807) is 0 Å². The quantitative estimate of drug-likeness (QED) is 0.705. The molecule has 4 bridgehead atoms. The number of nitrogens with one attached hydrogen (secondary N) is 1. The lowest BCUT2D eigenvalue weighted by molar-refractivity contribution is -0.390.